The van der Waals surface area contributed by atoms with Crippen LogP contribution in [0.5, 0.6) is 0 Å². The molecule has 74 valence electrons. The van der Waals surface area contributed by atoms with Crippen LogP contribution in [0.1, 0.15) is 16.0 Å². The highest BCUT2D eigenvalue weighted by Gasteiger charge is 2.18. The Morgan fingerprint density at radius 1 is 1.29 bits per heavy atom. The van der Waals surface area contributed by atoms with Crippen molar-refractivity contribution in [3.8, 4) is 0 Å². The molecule has 2 rings (SSSR count). The summed E-state index contributed by atoms with van der Waals surface area (Å²) in [7, 11) is 0. The van der Waals surface area contributed by atoms with Crippen LogP contribution in [0.25, 0.3) is 0 Å². The first-order valence-electron chi connectivity index (χ1n) is 3.80. The van der Waals surface area contributed by atoms with Crippen LogP contribution in [0, 0.1) is 0 Å². The average molecular weight is 356 g/mol. The monoisotopic (exact) mass is 354 g/mol. The Balaban J connectivity index is 2.33. The van der Waals surface area contributed by atoms with Crippen molar-refractivity contribution in [3.05, 3.63) is 43.4 Å². The smallest absolute Gasteiger partial charge is 0.169 e. The third-order valence-electron chi connectivity index (χ3n) is 1.72. The second-order valence-electron chi connectivity index (χ2n) is 2.64. The van der Waals surface area contributed by atoms with Crippen molar-refractivity contribution in [2.75, 3.05) is 0 Å². The first kappa shape index (κ1) is 10.7. The van der Waals surface area contributed by atoms with Gasteiger partial charge in [-0.05, 0) is 55.4 Å². The van der Waals surface area contributed by atoms with Crippen LogP contribution in [-0.2, 0) is 0 Å². The molecule has 0 saturated heterocycles. The third kappa shape index (κ3) is 2.08. The molecule has 0 aliphatic heterocycles. The van der Waals surface area contributed by atoms with Gasteiger partial charge in [0.2, 0.25) is 0 Å². The van der Waals surface area contributed by atoms with E-state index in [2.05, 4.69) is 31.9 Å². The minimum atomic E-state index is -0.226. The van der Waals surface area contributed by atoms with Gasteiger partial charge in [-0.3, -0.25) is 0 Å². The summed E-state index contributed by atoms with van der Waals surface area (Å²) < 4.78 is 7.12. The van der Waals surface area contributed by atoms with Crippen LogP contribution in [0.3, 0.4) is 0 Å². The Bertz CT molecular complexity index is 437. The van der Waals surface area contributed by atoms with E-state index in [0.717, 1.165) is 15.1 Å². The molecular weight excluding hydrogens is 351 g/mol. The van der Waals surface area contributed by atoms with Crippen LogP contribution in [-0.4, -0.2) is 0 Å². The van der Waals surface area contributed by atoms with Crippen molar-refractivity contribution in [2.24, 2.45) is 0 Å². The number of halogens is 3. The molecule has 5 heteroatoms. The van der Waals surface area contributed by atoms with Gasteiger partial charge in [0.25, 0.3) is 0 Å². The summed E-state index contributed by atoms with van der Waals surface area (Å²) in [4.78, 5) is 1.06. The van der Waals surface area contributed by atoms with E-state index in [1.807, 2.05) is 23.6 Å². The second-order valence-corrected chi connectivity index (χ2v) is 5.66. The molecule has 1 unspecified atom stereocenters. The van der Waals surface area contributed by atoms with Gasteiger partial charge < -0.3 is 4.42 Å². The van der Waals surface area contributed by atoms with Gasteiger partial charge in [-0.1, -0.05) is 0 Å². The molecule has 0 radical (unpaired) electrons. The van der Waals surface area contributed by atoms with E-state index in [9.17, 15) is 0 Å². The third-order valence-corrected chi connectivity index (χ3v) is 4.64. The molecule has 0 aliphatic rings. The Kier molecular flexibility index (Phi) is 3.37. The minimum Gasteiger partial charge on any atom is -0.452 e. The summed E-state index contributed by atoms with van der Waals surface area (Å²) in [5.41, 5.74) is 0. The minimum absolute atomic E-state index is 0.226. The van der Waals surface area contributed by atoms with Crippen molar-refractivity contribution in [3.63, 3.8) is 0 Å². The van der Waals surface area contributed by atoms with Crippen LogP contribution in [0.15, 0.2) is 37.1 Å². The molecule has 1 atom stereocenters. The molecule has 0 aromatic carbocycles. The highest BCUT2D eigenvalue weighted by molar-refractivity contribution is 9.10. The van der Waals surface area contributed by atoms with Gasteiger partial charge in [-0.15, -0.1) is 22.9 Å². The van der Waals surface area contributed by atoms with Crippen LogP contribution >= 0.6 is 54.8 Å². The lowest BCUT2D eigenvalue weighted by Gasteiger charge is -2.03. The summed E-state index contributed by atoms with van der Waals surface area (Å²) in [5, 5.41) is 1.77. The molecule has 0 spiro atoms. The van der Waals surface area contributed by atoms with Crippen LogP contribution in [0.4, 0.5) is 0 Å². The summed E-state index contributed by atoms with van der Waals surface area (Å²) in [6, 6.07) is 5.69. The maximum absolute atomic E-state index is 6.26. The Hall–Kier alpha value is 0.230. The van der Waals surface area contributed by atoms with Gasteiger partial charge in [0, 0.05) is 9.35 Å². The highest BCUT2D eigenvalue weighted by Crippen LogP contribution is 2.38. The molecule has 2 aromatic rings. The molecule has 2 heterocycles. The van der Waals surface area contributed by atoms with Crippen molar-refractivity contribution >= 4 is 54.8 Å². The summed E-state index contributed by atoms with van der Waals surface area (Å²) >= 11 is 14.6. The predicted octanol–water partition coefficient (Wildman–Crippen LogP) is 5.19. The molecule has 14 heavy (non-hydrogen) atoms. The SMILES string of the molecule is ClC(c1ccc(Br)o1)c1sccc1Br. The number of alkyl halides is 1. The van der Waals surface area contributed by atoms with Crippen LogP contribution in [0.2, 0.25) is 0 Å². The lowest BCUT2D eigenvalue weighted by atomic mass is 10.3. The quantitative estimate of drug-likeness (QED) is 0.675. The summed E-state index contributed by atoms with van der Waals surface area (Å²) in [5.74, 6) is 0.752. The van der Waals surface area contributed by atoms with Crippen LogP contribution < -0.4 is 0 Å². The zero-order valence-electron chi connectivity index (χ0n) is 6.84. The van der Waals surface area contributed by atoms with Gasteiger partial charge in [-0.2, -0.15) is 0 Å². The van der Waals surface area contributed by atoms with E-state index in [1.54, 1.807) is 11.3 Å². The zero-order chi connectivity index (χ0) is 10.1. The Morgan fingerprint density at radius 2 is 2.07 bits per heavy atom. The molecule has 0 N–H and O–H groups in total. The number of hydrogen-bond donors (Lipinski definition) is 0. The van der Waals surface area contributed by atoms with Gasteiger partial charge in [0.15, 0.2) is 4.67 Å². The fraction of sp³-hybridized carbons (Fsp3) is 0.111. The fourth-order valence-electron chi connectivity index (χ4n) is 1.08. The van der Waals surface area contributed by atoms with Crippen molar-refractivity contribution in [2.45, 2.75) is 5.38 Å². The normalized spacial score (nSPS) is 13.1. The fourth-order valence-corrected chi connectivity index (χ4v) is 3.50. The van der Waals surface area contributed by atoms with Gasteiger partial charge in [0.1, 0.15) is 11.1 Å². The van der Waals surface area contributed by atoms with E-state index in [-0.39, 0.29) is 5.38 Å². The zero-order valence-corrected chi connectivity index (χ0v) is 11.6. The lowest BCUT2D eigenvalue weighted by Crippen LogP contribution is -1.87. The standard InChI is InChI=1S/C9H5Br2ClOS/c10-5-3-4-14-9(5)8(12)6-1-2-7(11)13-6/h1-4,8H. The Morgan fingerprint density at radius 3 is 2.57 bits per heavy atom. The largest absolute Gasteiger partial charge is 0.452 e. The van der Waals surface area contributed by atoms with E-state index >= 15 is 0 Å². The van der Waals surface area contributed by atoms with Gasteiger partial charge in [0.05, 0.1) is 0 Å². The van der Waals surface area contributed by atoms with E-state index < -0.39 is 0 Å². The van der Waals surface area contributed by atoms with Gasteiger partial charge in [-0.25, -0.2) is 0 Å². The number of furan rings is 1. The molecule has 0 saturated carbocycles. The second kappa shape index (κ2) is 4.39. The number of rotatable bonds is 2. The molecule has 0 amide bonds. The first-order chi connectivity index (χ1) is 6.68. The number of hydrogen-bond acceptors (Lipinski definition) is 2. The van der Waals surface area contributed by atoms with Crippen molar-refractivity contribution in [1.82, 2.24) is 0 Å². The average Bonchev–Trinajstić information content (AvgIpc) is 2.73. The van der Waals surface area contributed by atoms with Crippen molar-refractivity contribution < 1.29 is 4.42 Å². The first-order valence-corrected chi connectivity index (χ1v) is 6.71. The Labute approximate surface area is 107 Å². The predicted molar refractivity (Wildman–Crippen MR) is 66.1 cm³/mol. The summed E-state index contributed by atoms with van der Waals surface area (Å²) in [6.45, 7) is 0. The number of thiophene rings is 1. The highest BCUT2D eigenvalue weighted by atomic mass is 79.9. The molecular formula is C9H5Br2ClOS. The molecule has 1 nitrogen and oxygen atoms in total. The lowest BCUT2D eigenvalue weighted by molar-refractivity contribution is 0.495. The molecule has 0 aliphatic carbocycles. The van der Waals surface area contributed by atoms with E-state index in [4.69, 9.17) is 16.0 Å². The topological polar surface area (TPSA) is 13.1 Å². The maximum atomic E-state index is 6.26. The molecule has 0 fully saturated rings. The van der Waals surface area contributed by atoms with E-state index in [0.29, 0.717) is 4.67 Å². The molecule has 2 aromatic heterocycles. The van der Waals surface area contributed by atoms with Crippen molar-refractivity contribution in [1.29, 1.82) is 0 Å². The van der Waals surface area contributed by atoms with Gasteiger partial charge >= 0.3 is 0 Å². The molecule has 0 bridgehead atoms. The maximum Gasteiger partial charge on any atom is 0.169 e. The summed E-state index contributed by atoms with van der Waals surface area (Å²) in [6.07, 6.45) is 0. The van der Waals surface area contributed by atoms with E-state index in [1.165, 1.54) is 0 Å².